The van der Waals surface area contributed by atoms with Gasteiger partial charge in [-0.15, -0.1) is 0 Å². The van der Waals surface area contributed by atoms with Crippen LogP contribution in [0, 0.1) is 0 Å². The predicted octanol–water partition coefficient (Wildman–Crippen LogP) is 2.36. The fraction of sp³-hybridized carbons (Fsp3) is 0.609. The second-order valence-electron chi connectivity index (χ2n) is 9.13. The monoisotopic (exact) mass is 412 g/mol. The van der Waals surface area contributed by atoms with Gasteiger partial charge in [0.25, 0.3) is 5.91 Å². The number of hydrogen-bond acceptors (Lipinski definition) is 4. The minimum atomic E-state index is -0.913. The molecule has 3 aliphatic heterocycles. The summed E-state index contributed by atoms with van der Waals surface area (Å²) in [6.07, 6.45) is 4.49. The smallest absolute Gasteiger partial charge is 0.325 e. The van der Waals surface area contributed by atoms with Crippen molar-refractivity contribution in [2.24, 2.45) is 0 Å². The van der Waals surface area contributed by atoms with Gasteiger partial charge in [-0.1, -0.05) is 30.3 Å². The number of amides is 4. The number of carbonyl (C=O) groups excluding carboxylic acids is 3. The number of rotatable bonds is 4. The lowest BCUT2D eigenvalue weighted by Gasteiger charge is -2.40. The quantitative estimate of drug-likeness (QED) is 0.771. The number of urea groups is 1. The molecule has 3 aliphatic rings. The maximum Gasteiger partial charge on any atom is 0.325 e. The number of benzene rings is 1. The van der Waals surface area contributed by atoms with Crippen LogP contribution >= 0.6 is 0 Å². The van der Waals surface area contributed by atoms with E-state index in [4.69, 9.17) is 0 Å². The summed E-state index contributed by atoms with van der Waals surface area (Å²) in [5.74, 6) is -0.386. The third-order valence-corrected chi connectivity index (χ3v) is 6.84. The molecule has 162 valence electrons. The summed E-state index contributed by atoms with van der Waals surface area (Å²) < 4.78 is 0. The van der Waals surface area contributed by atoms with E-state index in [1.54, 1.807) is 0 Å². The van der Waals surface area contributed by atoms with E-state index < -0.39 is 11.6 Å². The highest BCUT2D eigenvalue weighted by atomic mass is 16.2. The van der Waals surface area contributed by atoms with E-state index in [1.807, 2.05) is 36.9 Å². The molecule has 0 bridgehead atoms. The van der Waals surface area contributed by atoms with Gasteiger partial charge in [0.1, 0.15) is 12.1 Å². The molecule has 3 unspecified atom stereocenters. The Kier molecular flexibility index (Phi) is 5.82. The van der Waals surface area contributed by atoms with Crippen LogP contribution in [0.4, 0.5) is 4.79 Å². The molecule has 1 N–H and O–H groups in total. The fourth-order valence-corrected chi connectivity index (χ4v) is 5.35. The molecule has 0 aliphatic carbocycles. The Morgan fingerprint density at radius 2 is 1.80 bits per heavy atom. The molecule has 30 heavy (non-hydrogen) atoms. The third kappa shape index (κ3) is 3.95. The predicted molar refractivity (Wildman–Crippen MR) is 114 cm³/mol. The average molecular weight is 413 g/mol. The molecular formula is C23H32N4O3. The first-order chi connectivity index (χ1) is 14.4. The zero-order valence-electron chi connectivity index (χ0n) is 18.0. The lowest BCUT2D eigenvalue weighted by atomic mass is 9.88. The van der Waals surface area contributed by atoms with Gasteiger partial charge in [0, 0.05) is 25.2 Å². The minimum absolute atomic E-state index is 0.132. The van der Waals surface area contributed by atoms with Crippen LogP contribution in [-0.4, -0.2) is 69.8 Å². The Morgan fingerprint density at radius 3 is 2.50 bits per heavy atom. The molecule has 4 rings (SSSR count). The summed E-state index contributed by atoms with van der Waals surface area (Å²) in [5, 5.41) is 2.94. The molecule has 3 fully saturated rings. The van der Waals surface area contributed by atoms with Crippen LogP contribution in [0.3, 0.4) is 0 Å². The first-order valence-corrected chi connectivity index (χ1v) is 11.1. The van der Waals surface area contributed by atoms with E-state index in [9.17, 15) is 14.4 Å². The lowest BCUT2D eigenvalue weighted by Crippen LogP contribution is -2.58. The van der Waals surface area contributed by atoms with Crippen LogP contribution in [0.15, 0.2) is 30.3 Å². The van der Waals surface area contributed by atoms with Crippen molar-refractivity contribution in [3.63, 3.8) is 0 Å². The molecule has 0 aromatic heterocycles. The van der Waals surface area contributed by atoms with Crippen LogP contribution in [0.5, 0.6) is 0 Å². The van der Waals surface area contributed by atoms with E-state index >= 15 is 0 Å². The summed E-state index contributed by atoms with van der Waals surface area (Å²) in [6.45, 7) is 6.04. The number of carbonyl (C=O) groups is 3. The second kappa shape index (κ2) is 8.38. The molecule has 1 spiro atoms. The van der Waals surface area contributed by atoms with Gasteiger partial charge in [0.15, 0.2) is 0 Å². The van der Waals surface area contributed by atoms with Gasteiger partial charge in [-0.05, 0) is 58.1 Å². The molecule has 0 saturated carbocycles. The largest absolute Gasteiger partial charge is 0.336 e. The molecule has 0 radical (unpaired) electrons. The van der Waals surface area contributed by atoms with Crippen LogP contribution in [-0.2, 0) is 16.1 Å². The molecule has 3 heterocycles. The van der Waals surface area contributed by atoms with Gasteiger partial charge in [0.2, 0.25) is 5.91 Å². The van der Waals surface area contributed by atoms with Crippen LogP contribution < -0.4 is 5.32 Å². The summed E-state index contributed by atoms with van der Waals surface area (Å²) >= 11 is 0. The highest BCUT2D eigenvalue weighted by Crippen LogP contribution is 2.30. The summed E-state index contributed by atoms with van der Waals surface area (Å²) in [6, 6.07) is 10.00. The highest BCUT2D eigenvalue weighted by molar-refractivity contribution is 6.09. The number of likely N-dealkylation sites (tertiary alicyclic amines) is 2. The van der Waals surface area contributed by atoms with E-state index in [-0.39, 0.29) is 30.4 Å². The van der Waals surface area contributed by atoms with Gasteiger partial charge >= 0.3 is 6.03 Å². The number of nitrogens with zero attached hydrogens (tertiary/aromatic N) is 3. The van der Waals surface area contributed by atoms with Crippen molar-refractivity contribution in [2.75, 3.05) is 19.6 Å². The highest BCUT2D eigenvalue weighted by Gasteiger charge is 2.53. The molecule has 7 heteroatoms. The van der Waals surface area contributed by atoms with Crippen molar-refractivity contribution in [2.45, 2.75) is 70.1 Å². The molecule has 1 aromatic rings. The normalized spacial score (nSPS) is 30.1. The summed E-state index contributed by atoms with van der Waals surface area (Å²) in [7, 11) is 0. The first-order valence-electron chi connectivity index (χ1n) is 11.1. The fourth-order valence-electron chi connectivity index (χ4n) is 5.35. The van der Waals surface area contributed by atoms with E-state index in [0.717, 1.165) is 43.7 Å². The molecule has 4 amide bonds. The van der Waals surface area contributed by atoms with E-state index in [2.05, 4.69) is 22.3 Å². The van der Waals surface area contributed by atoms with Gasteiger partial charge in [-0.3, -0.25) is 19.4 Å². The standard InChI is InChI=1S/C23H32N4O3/c1-17-8-6-9-18(2)27(17)20(28)15-26-21(29)23(24-22(26)30)12-7-13-25(16-23)14-19-10-4-3-5-11-19/h3-5,10-11,17-18H,6-9,12-16H2,1-2H3,(H,24,30). The molecule has 7 nitrogen and oxygen atoms in total. The second-order valence-corrected chi connectivity index (χ2v) is 9.13. The van der Waals surface area contributed by atoms with Crippen molar-refractivity contribution < 1.29 is 14.4 Å². The van der Waals surface area contributed by atoms with Crippen molar-refractivity contribution in [3.8, 4) is 0 Å². The maximum atomic E-state index is 13.3. The first kappa shape index (κ1) is 20.8. The Bertz CT molecular complexity index is 804. The number of nitrogens with one attached hydrogen (secondary N) is 1. The van der Waals surface area contributed by atoms with Crippen molar-refractivity contribution in [3.05, 3.63) is 35.9 Å². The number of piperidine rings is 2. The van der Waals surface area contributed by atoms with E-state index in [0.29, 0.717) is 13.0 Å². The van der Waals surface area contributed by atoms with Crippen molar-refractivity contribution >= 4 is 17.8 Å². The third-order valence-electron chi connectivity index (χ3n) is 6.84. The lowest BCUT2D eigenvalue weighted by molar-refractivity contribution is -0.143. The van der Waals surface area contributed by atoms with Crippen LogP contribution in [0.25, 0.3) is 0 Å². The SMILES string of the molecule is CC1CCCC(C)N1C(=O)CN1C(=O)NC2(CCCN(Cc3ccccc3)C2)C1=O. The number of imide groups is 1. The van der Waals surface area contributed by atoms with Gasteiger partial charge in [-0.2, -0.15) is 0 Å². The molecular weight excluding hydrogens is 380 g/mol. The zero-order chi connectivity index (χ0) is 21.3. The molecule has 1 aromatic carbocycles. The van der Waals surface area contributed by atoms with Gasteiger partial charge < -0.3 is 10.2 Å². The number of hydrogen-bond donors (Lipinski definition) is 1. The topological polar surface area (TPSA) is 73.0 Å². The van der Waals surface area contributed by atoms with Crippen LogP contribution in [0.1, 0.15) is 51.5 Å². The summed E-state index contributed by atoms with van der Waals surface area (Å²) in [4.78, 5) is 44.2. The molecule has 3 saturated heterocycles. The zero-order valence-corrected chi connectivity index (χ0v) is 18.0. The minimum Gasteiger partial charge on any atom is -0.336 e. The van der Waals surface area contributed by atoms with Gasteiger partial charge in [0.05, 0.1) is 0 Å². The van der Waals surface area contributed by atoms with Crippen LogP contribution in [0.2, 0.25) is 0 Å². The van der Waals surface area contributed by atoms with E-state index in [1.165, 1.54) is 5.56 Å². The Hall–Kier alpha value is -2.41. The Balaban J connectivity index is 1.44. The van der Waals surface area contributed by atoms with Crippen molar-refractivity contribution in [1.82, 2.24) is 20.0 Å². The molecule has 3 atom stereocenters. The van der Waals surface area contributed by atoms with Crippen molar-refractivity contribution in [1.29, 1.82) is 0 Å². The summed E-state index contributed by atoms with van der Waals surface area (Å²) in [5.41, 5.74) is 0.273. The van der Waals surface area contributed by atoms with Gasteiger partial charge in [-0.25, -0.2) is 4.79 Å². The average Bonchev–Trinajstić information content (AvgIpc) is 2.92. The Morgan fingerprint density at radius 1 is 1.10 bits per heavy atom. The maximum absolute atomic E-state index is 13.3. The Labute approximate surface area is 178 Å².